The molecule has 2 aromatic heterocycles. The number of nitrogens with zero attached hydrogens (tertiary/aromatic N) is 1. The Morgan fingerprint density at radius 2 is 2.09 bits per heavy atom. The van der Waals surface area contributed by atoms with E-state index in [1.54, 1.807) is 22.7 Å². The number of carbonyl (C=O) groups excluding carboxylic acids is 1. The van der Waals surface area contributed by atoms with E-state index in [9.17, 15) is 4.79 Å². The SMILES string of the molecule is CN(C)[C@@H](CNC(=O)C1(c2cccs2)CCCC1)c1ccsc1. The lowest BCUT2D eigenvalue weighted by Gasteiger charge is -2.29. The van der Waals surface area contributed by atoms with Crippen molar-refractivity contribution in [3.05, 3.63) is 44.8 Å². The van der Waals surface area contributed by atoms with Crippen LogP contribution in [0.1, 0.15) is 42.2 Å². The van der Waals surface area contributed by atoms with Crippen molar-refractivity contribution in [3.8, 4) is 0 Å². The normalized spacial score (nSPS) is 18.2. The van der Waals surface area contributed by atoms with Gasteiger partial charge in [0.25, 0.3) is 0 Å². The number of likely N-dealkylation sites (N-methyl/N-ethyl adjacent to an activating group) is 1. The van der Waals surface area contributed by atoms with E-state index in [0.717, 1.165) is 25.7 Å². The molecule has 0 aromatic carbocycles. The molecule has 0 aliphatic heterocycles. The topological polar surface area (TPSA) is 32.3 Å². The fraction of sp³-hybridized carbons (Fsp3) is 0.500. The second-order valence-corrected chi connectivity index (χ2v) is 8.24. The van der Waals surface area contributed by atoms with Crippen molar-refractivity contribution in [1.82, 2.24) is 10.2 Å². The smallest absolute Gasteiger partial charge is 0.231 e. The summed E-state index contributed by atoms with van der Waals surface area (Å²) in [6, 6.07) is 6.55. The Morgan fingerprint density at radius 1 is 1.30 bits per heavy atom. The molecule has 124 valence electrons. The third-order valence-corrected chi connectivity index (χ3v) is 6.67. The van der Waals surface area contributed by atoms with E-state index < -0.39 is 0 Å². The van der Waals surface area contributed by atoms with Crippen LogP contribution in [0.5, 0.6) is 0 Å². The fourth-order valence-corrected chi connectivity index (χ4v) is 5.23. The molecule has 0 bridgehead atoms. The number of amides is 1. The summed E-state index contributed by atoms with van der Waals surface area (Å²) in [6.07, 6.45) is 4.24. The van der Waals surface area contributed by atoms with Crippen molar-refractivity contribution in [2.75, 3.05) is 20.6 Å². The maximum Gasteiger partial charge on any atom is 0.231 e. The number of carbonyl (C=O) groups is 1. The van der Waals surface area contributed by atoms with E-state index in [1.165, 1.54) is 10.4 Å². The Bertz CT molecular complexity index is 614. The minimum Gasteiger partial charge on any atom is -0.353 e. The van der Waals surface area contributed by atoms with Gasteiger partial charge in [0.2, 0.25) is 5.91 Å². The van der Waals surface area contributed by atoms with Crippen LogP contribution in [0.25, 0.3) is 0 Å². The quantitative estimate of drug-likeness (QED) is 0.854. The number of rotatable bonds is 6. The van der Waals surface area contributed by atoms with Crippen molar-refractivity contribution >= 4 is 28.6 Å². The van der Waals surface area contributed by atoms with Gasteiger partial charge < -0.3 is 10.2 Å². The van der Waals surface area contributed by atoms with E-state index in [2.05, 4.69) is 58.7 Å². The van der Waals surface area contributed by atoms with Gasteiger partial charge in [-0.05, 0) is 60.8 Å². The standard InChI is InChI=1S/C18H24N2OS2/c1-20(2)15(14-7-11-22-13-14)12-19-17(21)18(8-3-4-9-18)16-6-5-10-23-16/h5-7,10-11,13,15H,3-4,8-9,12H2,1-2H3,(H,19,21)/t15-/m0/s1. The molecule has 0 saturated heterocycles. The minimum atomic E-state index is -0.292. The molecule has 2 heterocycles. The first-order chi connectivity index (χ1) is 11.1. The molecule has 2 aromatic rings. The lowest BCUT2D eigenvalue weighted by atomic mass is 9.83. The molecule has 0 spiro atoms. The Labute approximate surface area is 146 Å². The average Bonchev–Trinajstić information content (AvgIpc) is 3.28. The average molecular weight is 349 g/mol. The van der Waals surface area contributed by atoms with E-state index in [4.69, 9.17) is 0 Å². The molecule has 1 fully saturated rings. The first-order valence-electron chi connectivity index (χ1n) is 8.14. The van der Waals surface area contributed by atoms with Gasteiger partial charge in [-0.2, -0.15) is 11.3 Å². The highest BCUT2D eigenvalue weighted by atomic mass is 32.1. The largest absolute Gasteiger partial charge is 0.353 e. The Morgan fingerprint density at radius 3 is 2.65 bits per heavy atom. The van der Waals surface area contributed by atoms with Crippen molar-refractivity contribution in [3.63, 3.8) is 0 Å². The Balaban J connectivity index is 1.72. The summed E-state index contributed by atoms with van der Waals surface area (Å²) in [5, 5.41) is 9.60. The summed E-state index contributed by atoms with van der Waals surface area (Å²) in [6.45, 7) is 0.662. The van der Waals surface area contributed by atoms with Crippen LogP contribution >= 0.6 is 22.7 Å². The van der Waals surface area contributed by atoms with Gasteiger partial charge in [0.15, 0.2) is 0 Å². The molecule has 1 saturated carbocycles. The van der Waals surface area contributed by atoms with E-state index in [0.29, 0.717) is 6.54 Å². The molecule has 0 unspecified atom stereocenters. The summed E-state index contributed by atoms with van der Waals surface area (Å²) in [4.78, 5) is 16.4. The number of hydrogen-bond acceptors (Lipinski definition) is 4. The van der Waals surface area contributed by atoms with Gasteiger partial charge in [-0.1, -0.05) is 18.9 Å². The van der Waals surface area contributed by atoms with E-state index in [-0.39, 0.29) is 17.4 Å². The van der Waals surface area contributed by atoms with Crippen LogP contribution in [0.2, 0.25) is 0 Å². The number of nitrogens with one attached hydrogen (secondary N) is 1. The Hall–Kier alpha value is -1.17. The van der Waals surface area contributed by atoms with Crippen LogP contribution in [0.3, 0.4) is 0 Å². The summed E-state index contributed by atoms with van der Waals surface area (Å²) in [7, 11) is 4.14. The molecule has 3 rings (SSSR count). The van der Waals surface area contributed by atoms with Gasteiger partial charge in [-0.25, -0.2) is 0 Å². The van der Waals surface area contributed by atoms with Crippen LogP contribution in [0, 0.1) is 0 Å². The van der Waals surface area contributed by atoms with Crippen LogP contribution in [-0.2, 0) is 10.2 Å². The summed E-state index contributed by atoms with van der Waals surface area (Å²) < 4.78 is 0. The van der Waals surface area contributed by atoms with E-state index >= 15 is 0 Å². The van der Waals surface area contributed by atoms with E-state index in [1.807, 2.05) is 0 Å². The second-order valence-electron chi connectivity index (χ2n) is 6.51. The molecule has 1 aliphatic rings. The van der Waals surface area contributed by atoms with Gasteiger partial charge in [0, 0.05) is 11.4 Å². The first-order valence-corrected chi connectivity index (χ1v) is 9.96. The molecule has 1 amide bonds. The van der Waals surface area contributed by atoms with Crippen molar-refractivity contribution in [2.45, 2.75) is 37.1 Å². The number of hydrogen-bond donors (Lipinski definition) is 1. The highest BCUT2D eigenvalue weighted by Crippen LogP contribution is 2.43. The lowest BCUT2D eigenvalue weighted by Crippen LogP contribution is -2.45. The summed E-state index contributed by atoms with van der Waals surface area (Å²) >= 11 is 3.42. The maximum atomic E-state index is 13.0. The van der Waals surface area contributed by atoms with Gasteiger partial charge in [-0.3, -0.25) is 4.79 Å². The van der Waals surface area contributed by atoms with Crippen molar-refractivity contribution in [2.24, 2.45) is 0 Å². The molecule has 1 N–H and O–H groups in total. The molecule has 0 radical (unpaired) electrons. The van der Waals surface area contributed by atoms with Gasteiger partial charge in [0.1, 0.15) is 0 Å². The Kier molecular flexibility index (Phi) is 5.19. The van der Waals surface area contributed by atoms with Gasteiger partial charge in [0.05, 0.1) is 11.5 Å². The lowest BCUT2D eigenvalue weighted by molar-refractivity contribution is -0.126. The van der Waals surface area contributed by atoms with Crippen LogP contribution in [0.4, 0.5) is 0 Å². The molecule has 5 heteroatoms. The summed E-state index contributed by atoms with van der Waals surface area (Å²) in [5.41, 5.74) is 0.983. The molecule has 3 nitrogen and oxygen atoms in total. The monoisotopic (exact) mass is 348 g/mol. The predicted molar refractivity (Wildman–Crippen MR) is 98.2 cm³/mol. The van der Waals surface area contributed by atoms with Gasteiger partial charge in [-0.15, -0.1) is 11.3 Å². The zero-order valence-corrected chi connectivity index (χ0v) is 15.4. The predicted octanol–water partition coefficient (Wildman–Crippen LogP) is 4.04. The first kappa shape index (κ1) is 16.7. The van der Waals surface area contributed by atoms with Crippen molar-refractivity contribution < 1.29 is 4.79 Å². The summed E-state index contributed by atoms with van der Waals surface area (Å²) in [5.74, 6) is 0.208. The zero-order chi connectivity index (χ0) is 16.3. The van der Waals surface area contributed by atoms with Crippen molar-refractivity contribution in [1.29, 1.82) is 0 Å². The molecular formula is C18H24N2OS2. The van der Waals surface area contributed by atoms with Crippen LogP contribution in [-0.4, -0.2) is 31.4 Å². The molecule has 23 heavy (non-hydrogen) atoms. The maximum absolute atomic E-state index is 13.0. The van der Waals surface area contributed by atoms with Crippen LogP contribution in [0.15, 0.2) is 34.3 Å². The second kappa shape index (κ2) is 7.16. The fourth-order valence-electron chi connectivity index (χ4n) is 3.54. The zero-order valence-electron chi connectivity index (χ0n) is 13.7. The molecule has 1 atom stereocenters. The van der Waals surface area contributed by atoms with Gasteiger partial charge >= 0.3 is 0 Å². The highest BCUT2D eigenvalue weighted by Gasteiger charge is 2.43. The molecular weight excluding hydrogens is 324 g/mol. The third kappa shape index (κ3) is 3.37. The molecule has 1 aliphatic carbocycles. The third-order valence-electron chi connectivity index (χ3n) is 4.89. The highest BCUT2D eigenvalue weighted by molar-refractivity contribution is 7.10. The van der Waals surface area contributed by atoms with Crippen LogP contribution < -0.4 is 5.32 Å². The minimum absolute atomic E-state index is 0.208. The number of thiophene rings is 2.